The van der Waals surface area contributed by atoms with E-state index in [0.717, 1.165) is 42.3 Å². The molecule has 232 valence electrons. The maximum absolute atomic E-state index is 13.5. The first-order chi connectivity index (χ1) is 20.6. The van der Waals surface area contributed by atoms with Crippen LogP contribution in [0.2, 0.25) is 0 Å². The third kappa shape index (κ3) is 6.70. The summed E-state index contributed by atoms with van der Waals surface area (Å²) in [6.07, 6.45) is 8.05. The summed E-state index contributed by atoms with van der Waals surface area (Å²) < 4.78 is 29.6. The lowest BCUT2D eigenvalue weighted by atomic mass is 9.85. The number of morpholine rings is 1. The minimum Gasteiger partial charge on any atom is -0.378 e. The molecular weight excluding hydrogens is 579 g/mol. The Bertz CT molecular complexity index is 1560. The van der Waals surface area contributed by atoms with Crippen molar-refractivity contribution >= 4 is 37.9 Å². The van der Waals surface area contributed by atoms with Crippen LogP contribution in [-0.2, 0) is 21.0 Å². The number of fused-ring (bicyclic) bond motifs is 1. The van der Waals surface area contributed by atoms with Gasteiger partial charge in [0.05, 0.1) is 35.3 Å². The minimum absolute atomic E-state index is 0.0485. The fourth-order valence-corrected chi connectivity index (χ4v) is 9.91. The zero-order valence-electron chi connectivity index (χ0n) is 25.7. The lowest BCUT2D eigenvalue weighted by molar-refractivity contribution is -0.0693. The van der Waals surface area contributed by atoms with Gasteiger partial charge in [-0.25, -0.2) is 13.4 Å². The topological polar surface area (TPSA) is 88.6 Å². The monoisotopic (exact) mass is 623 g/mol. The molecule has 1 aromatic heterocycles. The lowest BCUT2D eigenvalue weighted by Crippen LogP contribution is -2.53. The Morgan fingerprint density at radius 3 is 2.51 bits per heavy atom. The van der Waals surface area contributed by atoms with E-state index < -0.39 is 9.84 Å². The molecule has 0 bridgehead atoms. The quantitative estimate of drug-likeness (QED) is 0.321. The fourth-order valence-electron chi connectivity index (χ4n) is 7.38. The van der Waals surface area contributed by atoms with Gasteiger partial charge < -0.3 is 10.1 Å². The summed E-state index contributed by atoms with van der Waals surface area (Å²) in [5.41, 5.74) is 3.41. The molecule has 9 heteroatoms. The number of ether oxygens (including phenoxy) is 1. The van der Waals surface area contributed by atoms with Crippen LogP contribution < -0.4 is 5.32 Å². The molecule has 3 aromatic rings. The highest BCUT2D eigenvalue weighted by Crippen LogP contribution is 2.42. The second kappa shape index (κ2) is 12.6. The molecule has 1 saturated carbocycles. The molecule has 3 fully saturated rings. The lowest BCUT2D eigenvalue weighted by Gasteiger charge is -2.46. The number of carbonyl (C=O) groups is 1. The number of hydrogen-bond donors (Lipinski definition) is 1. The highest BCUT2D eigenvalue weighted by molar-refractivity contribution is 7.91. The summed E-state index contributed by atoms with van der Waals surface area (Å²) >= 11 is 1.49. The minimum atomic E-state index is -2.99. The number of carbonyl (C=O) groups excluding carboxylic acids is 1. The number of nitrogens with one attached hydrogen (secondary N) is 1. The van der Waals surface area contributed by atoms with Crippen LogP contribution in [0, 0.1) is 5.92 Å². The van der Waals surface area contributed by atoms with Crippen molar-refractivity contribution in [2.45, 2.75) is 89.8 Å². The Morgan fingerprint density at radius 1 is 1.07 bits per heavy atom. The number of sulfone groups is 1. The van der Waals surface area contributed by atoms with E-state index in [1.165, 1.54) is 59.8 Å². The molecule has 43 heavy (non-hydrogen) atoms. The van der Waals surface area contributed by atoms with E-state index in [2.05, 4.69) is 67.4 Å². The van der Waals surface area contributed by atoms with Crippen LogP contribution in [0.1, 0.15) is 92.8 Å². The molecule has 1 atom stereocenters. The molecule has 1 unspecified atom stereocenters. The molecule has 2 aliphatic heterocycles. The molecule has 0 radical (unpaired) electrons. The van der Waals surface area contributed by atoms with Gasteiger partial charge in [-0.3, -0.25) is 9.69 Å². The van der Waals surface area contributed by atoms with Crippen LogP contribution in [0.4, 0.5) is 0 Å². The number of hydrogen-bond acceptors (Lipinski definition) is 7. The van der Waals surface area contributed by atoms with Crippen molar-refractivity contribution in [1.29, 1.82) is 0 Å². The molecule has 6 rings (SSSR count). The van der Waals surface area contributed by atoms with Gasteiger partial charge in [0, 0.05) is 29.7 Å². The Balaban J connectivity index is 1.36. The largest absolute Gasteiger partial charge is 0.378 e. The molecule has 1 N–H and O–H groups in total. The third-order valence-corrected chi connectivity index (χ3v) is 12.7. The molecule has 2 saturated heterocycles. The highest BCUT2D eigenvalue weighted by atomic mass is 32.2. The van der Waals surface area contributed by atoms with Crippen molar-refractivity contribution in [3.8, 4) is 10.4 Å². The van der Waals surface area contributed by atoms with Crippen molar-refractivity contribution in [2.75, 3.05) is 31.3 Å². The van der Waals surface area contributed by atoms with E-state index >= 15 is 0 Å². The summed E-state index contributed by atoms with van der Waals surface area (Å²) in [5.74, 6) is 0.663. The zero-order valence-corrected chi connectivity index (χ0v) is 27.4. The Labute approximate surface area is 260 Å². The summed E-state index contributed by atoms with van der Waals surface area (Å²) in [6, 6.07) is 13.3. The standard InChI is InChI=1S/C34H45N3O4S2/c1-23(37-17-18-41-22-34(37,2)3)26-13-14-29(28-12-8-7-11-27(26)28)31-30(21-24-9-5-4-6-10-24)36-33(42-31)32(38)35-25-15-19-43(39,40)20-16-25/h7-8,11-14,23-25H,4-6,9-10,15-22H2,1-3H3,(H,35,38). The first kappa shape index (κ1) is 30.7. The zero-order chi connectivity index (χ0) is 30.2. The smallest absolute Gasteiger partial charge is 0.280 e. The van der Waals surface area contributed by atoms with Crippen molar-refractivity contribution in [3.05, 3.63) is 52.7 Å². The number of aromatic nitrogens is 1. The first-order valence-electron chi connectivity index (χ1n) is 16.0. The van der Waals surface area contributed by atoms with Gasteiger partial charge in [-0.15, -0.1) is 11.3 Å². The summed E-state index contributed by atoms with van der Waals surface area (Å²) in [5, 5.41) is 6.01. The maximum atomic E-state index is 13.5. The van der Waals surface area contributed by atoms with Crippen molar-refractivity contribution < 1.29 is 17.9 Å². The molecule has 3 heterocycles. The maximum Gasteiger partial charge on any atom is 0.280 e. The van der Waals surface area contributed by atoms with Gasteiger partial charge in [0.2, 0.25) is 0 Å². The highest BCUT2D eigenvalue weighted by Gasteiger charge is 2.35. The first-order valence-corrected chi connectivity index (χ1v) is 18.6. The summed E-state index contributed by atoms with van der Waals surface area (Å²) in [4.78, 5) is 22.1. The third-order valence-electron chi connectivity index (χ3n) is 9.82. The van der Waals surface area contributed by atoms with E-state index in [4.69, 9.17) is 9.72 Å². The number of benzene rings is 2. The van der Waals surface area contributed by atoms with Gasteiger partial charge in [0.1, 0.15) is 9.84 Å². The molecule has 2 aromatic carbocycles. The SMILES string of the molecule is CC(c1ccc(-c2sc(C(=O)NC3CCS(=O)(=O)CC3)nc2CC2CCCCC2)c2ccccc12)N1CCOCC1(C)C. The normalized spacial score (nSPS) is 22.4. The van der Waals surface area contributed by atoms with E-state index in [0.29, 0.717) is 23.8 Å². The van der Waals surface area contributed by atoms with Crippen molar-refractivity contribution in [2.24, 2.45) is 5.92 Å². The van der Waals surface area contributed by atoms with Crippen molar-refractivity contribution in [1.82, 2.24) is 15.2 Å². The van der Waals surface area contributed by atoms with Crippen LogP contribution in [0.5, 0.6) is 0 Å². The van der Waals surface area contributed by atoms with Gasteiger partial charge >= 0.3 is 0 Å². The van der Waals surface area contributed by atoms with Crippen LogP contribution in [0.25, 0.3) is 21.2 Å². The number of thiazole rings is 1. The van der Waals surface area contributed by atoms with Crippen LogP contribution in [0.15, 0.2) is 36.4 Å². The number of amides is 1. The van der Waals surface area contributed by atoms with Gasteiger partial charge in [0.25, 0.3) is 5.91 Å². The van der Waals surface area contributed by atoms with E-state index in [1.807, 2.05) is 0 Å². The molecule has 1 amide bonds. The Morgan fingerprint density at radius 2 is 1.79 bits per heavy atom. The van der Waals surface area contributed by atoms with Crippen LogP contribution in [0.3, 0.4) is 0 Å². The molecule has 3 aliphatic rings. The summed E-state index contributed by atoms with van der Waals surface area (Å²) in [6.45, 7) is 9.18. The van der Waals surface area contributed by atoms with Crippen LogP contribution in [-0.4, -0.2) is 67.1 Å². The summed E-state index contributed by atoms with van der Waals surface area (Å²) in [7, 11) is -2.99. The molecule has 7 nitrogen and oxygen atoms in total. The predicted molar refractivity (Wildman–Crippen MR) is 174 cm³/mol. The molecule has 1 aliphatic carbocycles. The Hall–Kier alpha value is -2.33. The van der Waals surface area contributed by atoms with Gasteiger partial charge in [0.15, 0.2) is 5.01 Å². The number of nitrogens with zero attached hydrogens (tertiary/aromatic N) is 2. The van der Waals surface area contributed by atoms with E-state index in [1.54, 1.807) is 0 Å². The average molecular weight is 624 g/mol. The van der Waals surface area contributed by atoms with E-state index in [-0.39, 0.29) is 35.0 Å². The van der Waals surface area contributed by atoms with Crippen molar-refractivity contribution in [3.63, 3.8) is 0 Å². The second-order valence-corrected chi connectivity index (χ2v) is 16.7. The van der Waals surface area contributed by atoms with E-state index in [9.17, 15) is 13.2 Å². The average Bonchev–Trinajstić information content (AvgIpc) is 3.41. The molecule has 0 spiro atoms. The fraction of sp³-hybridized carbons (Fsp3) is 0.588. The van der Waals surface area contributed by atoms with Crippen LogP contribution >= 0.6 is 11.3 Å². The van der Waals surface area contributed by atoms with Gasteiger partial charge in [-0.2, -0.15) is 0 Å². The predicted octanol–water partition coefficient (Wildman–Crippen LogP) is 6.56. The molecular formula is C34H45N3O4S2. The van der Waals surface area contributed by atoms with Gasteiger partial charge in [-0.05, 0) is 62.3 Å². The Kier molecular flexibility index (Phi) is 8.98. The second-order valence-electron chi connectivity index (χ2n) is 13.4. The van der Waals surface area contributed by atoms with Gasteiger partial charge in [-0.1, -0.05) is 68.5 Å². The number of rotatable bonds is 7.